The van der Waals surface area contributed by atoms with E-state index in [0.29, 0.717) is 23.7 Å². The fourth-order valence-corrected chi connectivity index (χ4v) is 3.72. The number of aliphatic carboxylic acids is 1. The smallest absolute Gasteiger partial charge is 0.475 e. The number of hydrogen-bond acceptors (Lipinski definition) is 6. The van der Waals surface area contributed by atoms with Crippen LogP contribution in [0.1, 0.15) is 58.4 Å². The van der Waals surface area contributed by atoms with Crippen LogP contribution in [0, 0.1) is 5.92 Å². The highest BCUT2D eigenvalue weighted by molar-refractivity contribution is 6.74. The van der Waals surface area contributed by atoms with Gasteiger partial charge in [0, 0.05) is 12.5 Å². The molecule has 1 heterocycles. The van der Waals surface area contributed by atoms with Crippen LogP contribution in [-0.2, 0) is 15.6 Å². The average Bonchev–Trinajstić information content (AvgIpc) is 2.92. The van der Waals surface area contributed by atoms with E-state index < -0.39 is 20.5 Å². The molecule has 3 N–H and O–H groups in total. The lowest BCUT2D eigenvalue weighted by Crippen LogP contribution is -2.41. The number of carbonyl (C=O) groups is 1. The third-order valence-electron chi connectivity index (χ3n) is 5.09. The Hall–Kier alpha value is -1.46. The van der Waals surface area contributed by atoms with E-state index in [1.54, 1.807) is 0 Å². The maximum absolute atomic E-state index is 10.6. The van der Waals surface area contributed by atoms with Gasteiger partial charge in [-0.25, -0.2) is 4.79 Å². The molecule has 2 rings (SSSR count). The molecule has 0 radical (unpaired) electrons. The van der Waals surface area contributed by atoms with Crippen molar-refractivity contribution in [2.75, 3.05) is 0 Å². The van der Waals surface area contributed by atoms with Gasteiger partial charge in [-0.15, -0.1) is 10.2 Å². The topological polar surface area (TPSA) is 111 Å². The minimum absolute atomic E-state index is 0.143. The molecule has 1 aliphatic carbocycles. The molecule has 7 nitrogen and oxygen atoms in total. The lowest BCUT2D eigenvalue weighted by atomic mass is 9.79. The third-order valence-corrected chi connectivity index (χ3v) is 9.64. The number of rotatable bonds is 5. The number of halogens is 3. The average molecular weight is 426 g/mol. The molecule has 0 amide bonds. The van der Waals surface area contributed by atoms with E-state index in [0.717, 1.165) is 19.3 Å². The van der Waals surface area contributed by atoms with E-state index in [-0.39, 0.29) is 11.1 Å². The van der Waals surface area contributed by atoms with E-state index in [1.807, 2.05) is 6.92 Å². The summed E-state index contributed by atoms with van der Waals surface area (Å²) in [5.74, 6) is -0.844. The Morgan fingerprint density at radius 3 is 2.21 bits per heavy atom. The molecule has 0 aliphatic heterocycles. The molecule has 1 saturated carbocycles. The standard InChI is InChI=1S/C15H29N3O2Si.C2HF3O2/c1-10(20-21(5,6)15(2,3)4)14-18-17-13(19-14)9-11-7-12(16)8-11;3-2(4,5)1(6)7/h10-12H,7-9,16H2,1-6H3;(H,6,7)/t10-,11-,12+;/m0./s1. The molecule has 1 fully saturated rings. The zero-order valence-corrected chi connectivity index (χ0v) is 18.1. The molecule has 28 heavy (non-hydrogen) atoms. The molecule has 0 saturated heterocycles. The summed E-state index contributed by atoms with van der Waals surface area (Å²) in [7, 11) is -1.82. The second-order valence-corrected chi connectivity index (χ2v) is 13.4. The van der Waals surface area contributed by atoms with Crippen LogP contribution in [0.15, 0.2) is 4.42 Å². The number of aromatic nitrogens is 2. The molecule has 0 aromatic carbocycles. The first-order valence-corrected chi connectivity index (χ1v) is 12.0. The fourth-order valence-electron chi connectivity index (χ4n) is 2.38. The zero-order valence-electron chi connectivity index (χ0n) is 17.1. The van der Waals surface area contributed by atoms with Crippen molar-refractivity contribution in [1.29, 1.82) is 0 Å². The van der Waals surface area contributed by atoms with Crippen LogP contribution in [0.3, 0.4) is 0 Å². The van der Waals surface area contributed by atoms with Crippen LogP contribution in [0.5, 0.6) is 0 Å². The van der Waals surface area contributed by atoms with Crippen molar-refractivity contribution in [3.63, 3.8) is 0 Å². The molecule has 11 heteroatoms. The number of hydrogen-bond donors (Lipinski definition) is 2. The predicted molar refractivity (Wildman–Crippen MR) is 99.1 cm³/mol. The molecular weight excluding hydrogens is 395 g/mol. The second kappa shape index (κ2) is 8.91. The molecule has 1 atom stereocenters. The van der Waals surface area contributed by atoms with Gasteiger partial charge in [0.15, 0.2) is 8.32 Å². The molecular formula is C17H30F3N3O4Si. The van der Waals surface area contributed by atoms with Gasteiger partial charge in [0.25, 0.3) is 0 Å². The van der Waals surface area contributed by atoms with Crippen LogP contribution >= 0.6 is 0 Å². The van der Waals surface area contributed by atoms with Gasteiger partial charge in [-0.05, 0) is 43.8 Å². The van der Waals surface area contributed by atoms with E-state index >= 15 is 0 Å². The first-order chi connectivity index (χ1) is 12.5. The number of alkyl halides is 3. The van der Waals surface area contributed by atoms with Gasteiger partial charge in [-0.3, -0.25) is 0 Å². The Balaban J connectivity index is 0.000000480. The maximum atomic E-state index is 10.6. The van der Waals surface area contributed by atoms with Gasteiger partial charge < -0.3 is 19.7 Å². The highest BCUT2D eigenvalue weighted by Gasteiger charge is 2.40. The Morgan fingerprint density at radius 1 is 1.32 bits per heavy atom. The summed E-state index contributed by atoms with van der Waals surface area (Å²) in [6.07, 6.45) is -2.26. The van der Waals surface area contributed by atoms with Gasteiger partial charge in [0.2, 0.25) is 11.8 Å². The van der Waals surface area contributed by atoms with Gasteiger partial charge in [-0.2, -0.15) is 13.2 Å². The summed E-state index contributed by atoms with van der Waals surface area (Å²) in [6.45, 7) is 13.1. The summed E-state index contributed by atoms with van der Waals surface area (Å²) in [5.41, 5.74) is 5.80. The summed E-state index contributed by atoms with van der Waals surface area (Å²) in [5, 5.41) is 15.6. The monoisotopic (exact) mass is 425 g/mol. The summed E-state index contributed by atoms with van der Waals surface area (Å²) < 4.78 is 43.8. The van der Waals surface area contributed by atoms with Gasteiger partial charge in [-0.1, -0.05) is 20.8 Å². The SMILES string of the molecule is C[C@H](O[Si](C)(C)C(C)(C)C)c1nnc(C[C@H]2C[C@@H](N)C2)o1.O=C(O)C(F)(F)F. The number of nitrogens with zero attached hydrogens (tertiary/aromatic N) is 2. The molecule has 1 aromatic heterocycles. The third kappa shape index (κ3) is 7.17. The van der Waals surface area contributed by atoms with Crippen LogP contribution < -0.4 is 5.73 Å². The summed E-state index contributed by atoms with van der Waals surface area (Å²) in [4.78, 5) is 8.90. The first-order valence-electron chi connectivity index (χ1n) is 9.08. The van der Waals surface area contributed by atoms with E-state index in [2.05, 4.69) is 44.1 Å². The van der Waals surface area contributed by atoms with Gasteiger partial charge in [0.1, 0.15) is 6.10 Å². The largest absolute Gasteiger partial charge is 0.490 e. The quantitative estimate of drug-likeness (QED) is 0.684. The number of carboxylic acid groups (broad SMARTS) is 1. The van der Waals surface area contributed by atoms with Crippen molar-refractivity contribution in [2.24, 2.45) is 11.7 Å². The van der Waals surface area contributed by atoms with Crippen molar-refractivity contribution in [1.82, 2.24) is 10.2 Å². The minimum Gasteiger partial charge on any atom is -0.475 e. The summed E-state index contributed by atoms with van der Waals surface area (Å²) in [6, 6.07) is 0.359. The zero-order chi connectivity index (χ0) is 21.9. The number of nitrogens with two attached hydrogens (primary N) is 1. The molecule has 162 valence electrons. The van der Waals surface area contributed by atoms with Crippen molar-refractivity contribution < 1.29 is 31.9 Å². The van der Waals surface area contributed by atoms with Crippen molar-refractivity contribution in [3.8, 4) is 0 Å². The molecule has 0 unspecified atom stereocenters. The Bertz CT molecular complexity index is 653. The normalized spacial score (nSPS) is 21.4. The Kier molecular flexibility index (Phi) is 7.82. The lowest BCUT2D eigenvalue weighted by molar-refractivity contribution is -0.192. The van der Waals surface area contributed by atoms with Crippen LogP contribution in [0.2, 0.25) is 18.1 Å². The van der Waals surface area contributed by atoms with E-state index in [4.69, 9.17) is 24.5 Å². The highest BCUT2D eigenvalue weighted by atomic mass is 28.4. The fraction of sp³-hybridized carbons (Fsp3) is 0.824. The highest BCUT2D eigenvalue weighted by Crippen LogP contribution is 2.39. The molecule has 0 bridgehead atoms. The van der Waals surface area contributed by atoms with E-state index in [9.17, 15) is 13.2 Å². The van der Waals surface area contributed by atoms with Gasteiger partial charge in [0.05, 0.1) is 0 Å². The minimum atomic E-state index is -5.08. The van der Waals surface area contributed by atoms with Crippen molar-refractivity contribution in [2.45, 2.75) is 83.4 Å². The Morgan fingerprint density at radius 2 is 1.82 bits per heavy atom. The second-order valence-electron chi connectivity index (χ2n) is 8.66. The van der Waals surface area contributed by atoms with Gasteiger partial charge >= 0.3 is 12.1 Å². The number of carboxylic acids is 1. The predicted octanol–water partition coefficient (Wildman–Crippen LogP) is 4.07. The molecule has 0 spiro atoms. The van der Waals surface area contributed by atoms with Crippen LogP contribution in [0.4, 0.5) is 13.2 Å². The lowest BCUT2D eigenvalue weighted by Gasteiger charge is -2.37. The Labute approximate surface area is 164 Å². The first kappa shape index (κ1) is 24.6. The molecule has 1 aliphatic rings. The van der Waals surface area contributed by atoms with Crippen molar-refractivity contribution in [3.05, 3.63) is 11.8 Å². The maximum Gasteiger partial charge on any atom is 0.490 e. The van der Waals surface area contributed by atoms with Crippen molar-refractivity contribution >= 4 is 14.3 Å². The molecule has 1 aromatic rings. The van der Waals surface area contributed by atoms with Crippen LogP contribution in [0.25, 0.3) is 0 Å². The van der Waals surface area contributed by atoms with Crippen LogP contribution in [-0.4, -0.2) is 41.8 Å². The summed E-state index contributed by atoms with van der Waals surface area (Å²) >= 11 is 0. The van der Waals surface area contributed by atoms with E-state index in [1.165, 1.54) is 0 Å².